The first-order chi connectivity index (χ1) is 19.8. The molecule has 1 unspecified atom stereocenters. The van der Waals surface area contributed by atoms with Crippen LogP contribution in [0.3, 0.4) is 0 Å². The normalized spacial score (nSPS) is 20.7. The molecule has 4 heteroatoms. The summed E-state index contributed by atoms with van der Waals surface area (Å²) in [6.45, 7) is 11.4. The van der Waals surface area contributed by atoms with E-state index in [1.165, 1.54) is 97.1 Å². The lowest BCUT2D eigenvalue weighted by atomic mass is 9.99. The van der Waals surface area contributed by atoms with Crippen LogP contribution in [-0.4, -0.2) is 31.2 Å². The Balaban J connectivity index is 1.57. The van der Waals surface area contributed by atoms with Crippen molar-refractivity contribution in [2.24, 2.45) is 0 Å². The molecular formula is C37H51O2P2. The molecule has 2 aromatic rings. The molecule has 3 fully saturated rings. The average Bonchev–Trinajstić information content (AvgIpc) is 3.44. The zero-order chi connectivity index (χ0) is 29.1. The smallest absolute Gasteiger partial charge is 0.124 e. The van der Waals surface area contributed by atoms with E-state index in [4.69, 9.17) is 9.47 Å². The van der Waals surface area contributed by atoms with Gasteiger partial charge in [-0.3, -0.25) is 0 Å². The lowest BCUT2D eigenvalue weighted by Crippen LogP contribution is -2.31. The van der Waals surface area contributed by atoms with Crippen molar-refractivity contribution in [2.75, 3.05) is 14.2 Å². The Labute approximate surface area is 254 Å². The molecular weight excluding hydrogens is 538 g/mol. The largest absolute Gasteiger partial charge is 0.496 e. The van der Waals surface area contributed by atoms with Gasteiger partial charge in [-0.1, -0.05) is 53.4 Å². The van der Waals surface area contributed by atoms with E-state index in [2.05, 4.69) is 78.1 Å². The summed E-state index contributed by atoms with van der Waals surface area (Å²) in [6, 6.07) is 9.61. The molecule has 3 saturated carbocycles. The molecule has 0 amide bonds. The number of ether oxygens (including phenoxy) is 2. The van der Waals surface area contributed by atoms with Gasteiger partial charge in [-0.15, -0.1) is 0 Å². The predicted molar refractivity (Wildman–Crippen MR) is 181 cm³/mol. The molecule has 0 N–H and O–H groups in total. The molecule has 2 aromatic carbocycles. The number of aryl methyl sites for hydroxylation is 4. The van der Waals surface area contributed by atoms with Gasteiger partial charge in [0.2, 0.25) is 0 Å². The van der Waals surface area contributed by atoms with Crippen molar-refractivity contribution >= 4 is 26.5 Å². The van der Waals surface area contributed by atoms with Gasteiger partial charge >= 0.3 is 0 Å². The fourth-order valence-electron chi connectivity index (χ4n) is 8.02. The zero-order valence-electron chi connectivity index (χ0n) is 26.6. The SMILES string of the molecule is COc1c(C)cc(P([C]2[CH][CH][CH][C]2C(C)P(C2CCCCC2)C2CCCCC2)c2cc(C)c(OC)c(C)c2)cc1C. The fourth-order valence-corrected chi connectivity index (χ4v) is 15.4. The van der Waals surface area contributed by atoms with Crippen molar-refractivity contribution in [3.05, 3.63) is 77.4 Å². The van der Waals surface area contributed by atoms with E-state index in [9.17, 15) is 0 Å². The van der Waals surface area contributed by atoms with Crippen LogP contribution in [0.5, 0.6) is 11.5 Å². The molecule has 0 spiro atoms. The zero-order valence-corrected chi connectivity index (χ0v) is 28.3. The molecule has 3 aliphatic carbocycles. The van der Waals surface area contributed by atoms with Crippen LogP contribution in [0.4, 0.5) is 0 Å². The Bertz CT molecular complexity index is 1040. The lowest BCUT2D eigenvalue weighted by Gasteiger charge is -2.45. The van der Waals surface area contributed by atoms with E-state index in [-0.39, 0.29) is 7.92 Å². The number of hydrogen-bond donors (Lipinski definition) is 0. The molecule has 5 radical (unpaired) electrons. The van der Waals surface area contributed by atoms with Crippen LogP contribution in [0.25, 0.3) is 0 Å². The summed E-state index contributed by atoms with van der Waals surface area (Å²) in [5.41, 5.74) is 9.01. The van der Waals surface area contributed by atoms with Gasteiger partial charge < -0.3 is 9.47 Å². The van der Waals surface area contributed by atoms with Gasteiger partial charge in [0.15, 0.2) is 0 Å². The summed E-state index contributed by atoms with van der Waals surface area (Å²) < 4.78 is 11.6. The quantitative estimate of drug-likeness (QED) is 0.271. The van der Waals surface area contributed by atoms with E-state index in [1.807, 2.05) is 0 Å². The maximum absolute atomic E-state index is 5.80. The molecule has 41 heavy (non-hydrogen) atoms. The molecule has 5 rings (SSSR count). The predicted octanol–water partition coefficient (Wildman–Crippen LogP) is 9.64. The van der Waals surface area contributed by atoms with Crippen molar-refractivity contribution in [2.45, 2.75) is 116 Å². The van der Waals surface area contributed by atoms with Crippen molar-refractivity contribution in [3.63, 3.8) is 0 Å². The Kier molecular flexibility index (Phi) is 10.8. The fraction of sp³-hybridized carbons (Fsp3) is 0.541. The van der Waals surface area contributed by atoms with Crippen LogP contribution >= 0.6 is 15.8 Å². The third-order valence-electron chi connectivity index (χ3n) is 9.77. The molecule has 0 aromatic heterocycles. The van der Waals surface area contributed by atoms with Crippen LogP contribution in [0.15, 0.2) is 24.3 Å². The second-order valence-electron chi connectivity index (χ2n) is 12.6. The summed E-state index contributed by atoms with van der Waals surface area (Å²) in [5.74, 6) is 3.66. The third kappa shape index (κ3) is 6.70. The number of rotatable bonds is 9. The van der Waals surface area contributed by atoms with Gasteiger partial charge in [-0.25, -0.2) is 0 Å². The molecule has 0 aliphatic heterocycles. The molecule has 221 valence electrons. The first-order valence-electron chi connectivity index (χ1n) is 16.0. The number of benzene rings is 2. The Hall–Kier alpha value is -1.10. The van der Waals surface area contributed by atoms with Crippen LogP contribution < -0.4 is 20.1 Å². The number of methoxy groups -OCH3 is 2. The molecule has 3 aliphatic rings. The van der Waals surface area contributed by atoms with Crippen molar-refractivity contribution < 1.29 is 9.47 Å². The average molecular weight is 590 g/mol. The maximum atomic E-state index is 5.80. The van der Waals surface area contributed by atoms with Crippen molar-refractivity contribution in [1.82, 2.24) is 0 Å². The monoisotopic (exact) mass is 589 g/mol. The summed E-state index contributed by atoms with van der Waals surface area (Å²) in [7, 11) is 2.81. The summed E-state index contributed by atoms with van der Waals surface area (Å²) in [6.07, 6.45) is 21.8. The highest BCUT2D eigenvalue weighted by Gasteiger charge is 2.45. The van der Waals surface area contributed by atoms with Gasteiger partial charge in [0.25, 0.3) is 0 Å². The van der Waals surface area contributed by atoms with Gasteiger partial charge in [0.1, 0.15) is 11.5 Å². The minimum Gasteiger partial charge on any atom is -0.496 e. The Morgan fingerprint density at radius 1 is 0.634 bits per heavy atom. The third-order valence-corrected chi connectivity index (χ3v) is 16.1. The van der Waals surface area contributed by atoms with Gasteiger partial charge in [0.05, 0.1) is 14.2 Å². The standard InChI is InChI=1S/C37H51O2P2/c1-25-21-32(22-26(2)36(25)38-6)41(33-23-27(3)37(39-7)28(4)24-33)35-20-14-19-34(35)29(5)40(30-15-10-8-11-16-30)31-17-12-9-13-18-31/h14,19-24,29-31H,8-13,15-18H2,1-7H3. The molecule has 0 saturated heterocycles. The maximum Gasteiger partial charge on any atom is 0.124 e. The molecule has 0 bridgehead atoms. The highest BCUT2D eigenvalue weighted by Crippen LogP contribution is 2.67. The first-order valence-corrected chi connectivity index (χ1v) is 18.9. The highest BCUT2D eigenvalue weighted by molar-refractivity contribution is 7.76. The minimum atomic E-state index is -0.722. The van der Waals surface area contributed by atoms with Gasteiger partial charge in [0, 0.05) is 5.66 Å². The topological polar surface area (TPSA) is 18.5 Å². The van der Waals surface area contributed by atoms with E-state index in [0.29, 0.717) is 5.66 Å². The van der Waals surface area contributed by atoms with E-state index < -0.39 is 7.92 Å². The van der Waals surface area contributed by atoms with E-state index in [0.717, 1.165) is 22.8 Å². The van der Waals surface area contributed by atoms with Gasteiger partial charge in [-0.05, 0) is 161 Å². The number of hydrogen-bond acceptors (Lipinski definition) is 2. The lowest BCUT2D eigenvalue weighted by molar-refractivity contribution is 0.408. The van der Waals surface area contributed by atoms with Gasteiger partial charge in [-0.2, -0.15) is 0 Å². The second kappa shape index (κ2) is 14.1. The summed E-state index contributed by atoms with van der Waals surface area (Å²) in [5, 5.41) is 2.86. The molecule has 0 heterocycles. The second-order valence-corrected chi connectivity index (χ2v) is 17.9. The molecule has 2 nitrogen and oxygen atoms in total. The van der Waals surface area contributed by atoms with Crippen LogP contribution in [0.2, 0.25) is 0 Å². The van der Waals surface area contributed by atoms with Crippen LogP contribution in [0.1, 0.15) is 93.4 Å². The summed E-state index contributed by atoms with van der Waals surface area (Å²) in [4.78, 5) is 0. The Morgan fingerprint density at radius 2 is 1.05 bits per heavy atom. The van der Waals surface area contributed by atoms with E-state index in [1.54, 1.807) is 25.8 Å². The summed E-state index contributed by atoms with van der Waals surface area (Å²) >= 11 is 0. The van der Waals surface area contributed by atoms with Crippen molar-refractivity contribution in [3.8, 4) is 11.5 Å². The molecule has 1 atom stereocenters. The van der Waals surface area contributed by atoms with Crippen LogP contribution in [0, 0.1) is 58.5 Å². The van der Waals surface area contributed by atoms with Crippen LogP contribution in [-0.2, 0) is 0 Å². The first kappa shape index (κ1) is 31.3. The van der Waals surface area contributed by atoms with E-state index >= 15 is 0 Å². The van der Waals surface area contributed by atoms with Crippen molar-refractivity contribution in [1.29, 1.82) is 0 Å². The highest BCUT2D eigenvalue weighted by atomic mass is 31.1. The minimum absolute atomic E-state index is 0.0577. The Morgan fingerprint density at radius 3 is 1.44 bits per heavy atom.